The number of Topliss-reactive ketones (excluding diaryl/α,β-unsaturated/α-hetero) is 1. The number of nitrogens with one attached hydrogen (secondary N) is 1. The number of esters is 1. The fourth-order valence-electron chi connectivity index (χ4n) is 3.92. The first-order valence-corrected chi connectivity index (χ1v) is 10.5. The molecule has 1 aromatic rings. The molecule has 2 N–H and O–H groups in total. The fourth-order valence-corrected chi connectivity index (χ4v) is 4.14. The van der Waals surface area contributed by atoms with Crippen LogP contribution in [-0.4, -0.2) is 53.3 Å². The summed E-state index contributed by atoms with van der Waals surface area (Å²) in [7, 11) is 0. The van der Waals surface area contributed by atoms with Crippen molar-refractivity contribution in [2.75, 3.05) is 25.1 Å². The Balaban J connectivity index is 1.68. The Hall–Kier alpha value is -2.97. The smallest absolute Gasteiger partial charge is 0.341 e. The summed E-state index contributed by atoms with van der Waals surface area (Å²) in [6.07, 6.45) is 4.78. The summed E-state index contributed by atoms with van der Waals surface area (Å²) in [4.78, 5) is 50.7. The highest BCUT2D eigenvalue weighted by Gasteiger charge is 2.40. The van der Waals surface area contributed by atoms with Gasteiger partial charge in [-0.2, -0.15) is 0 Å². The number of fused-ring (bicyclic) bond motifs is 1. The second-order valence-electron chi connectivity index (χ2n) is 7.61. The molecule has 1 unspecified atom stereocenters. The Morgan fingerprint density at radius 1 is 1.29 bits per heavy atom. The zero-order chi connectivity index (χ0) is 22.3. The van der Waals surface area contributed by atoms with Gasteiger partial charge in [-0.05, 0) is 43.4 Å². The Kier molecular flexibility index (Phi) is 5.68. The van der Waals surface area contributed by atoms with Crippen LogP contribution in [0.4, 0.5) is 5.69 Å². The van der Waals surface area contributed by atoms with Gasteiger partial charge in [0.05, 0.1) is 30.5 Å². The Morgan fingerprint density at radius 3 is 2.68 bits per heavy atom. The van der Waals surface area contributed by atoms with Crippen molar-refractivity contribution in [3.05, 3.63) is 51.7 Å². The largest absolute Gasteiger partial charge is 0.462 e. The molecule has 1 fully saturated rings. The minimum Gasteiger partial charge on any atom is -0.462 e. The van der Waals surface area contributed by atoms with Crippen LogP contribution in [0.2, 0.25) is 5.02 Å². The molecular formula is C22H21ClN2O6. The number of rotatable bonds is 7. The first-order valence-electron chi connectivity index (χ1n) is 10.1. The van der Waals surface area contributed by atoms with E-state index >= 15 is 0 Å². The van der Waals surface area contributed by atoms with Crippen LogP contribution in [0.5, 0.6) is 0 Å². The van der Waals surface area contributed by atoms with E-state index in [0.29, 0.717) is 11.5 Å². The first kappa shape index (κ1) is 21.3. The lowest BCUT2D eigenvalue weighted by Crippen LogP contribution is -2.34. The van der Waals surface area contributed by atoms with Crippen LogP contribution >= 0.6 is 11.6 Å². The van der Waals surface area contributed by atoms with Crippen LogP contribution in [0.1, 0.15) is 41.6 Å². The number of halogens is 1. The van der Waals surface area contributed by atoms with Crippen LogP contribution in [0, 0.1) is 5.92 Å². The number of ether oxygens (including phenoxy) is 1. The lowest BCUT2D eigenvalue weighted by molar-refractivity contribution is -0.139. The molecule has 162 valence electrons. The second kappa shape index (κ2) is 8.28. The molecule has 0 bridgehead atoms. The number of ketones is 1. The highest BCUT2D eigenvalue weighted by molar-refractivity contribution is 6.34. The number of benzene rings is 1. The molecule has 1 aliphatic heterocycles. The number of nitrogens with zero attached hydrogens (tertiary/aromatic N) is 1. The molecule has 0 radical (unpaired) electrons. The average Bonchev–Trinajstić information content (AvgIpc) is 3.53. The third-order valence-corrected chi connectivity index (χ3v) is 5.87. The fraction of sp³-hybridized carbons (Fsp3) is 0.364. The van der Waals surface area contributed by atoms with Crippen LogP contribution in [0.15, 0.2) is 35.6 Å². The number of allylic oxidation sites excluding steroid dienone is 1. The summed E-state index contributed by atoms with van der Waals surface area (Å²) in [6.45, 7) is 1.37. The molecule has 4 rings (SSSR count). The van der Waals surface area contributed by atoms with Crippen LogP contribution in [0.25, 0.3) is 0 Å². The maximum Gasteiger partial charge on any atom is 0.341 e. The lowest BCUT2D eigenvalue weighted by Gasteiger charge is -2.24. The van der Waals surface area contributed by atoms with Gasteiger partial charge in [-0.25, -0.2) is 4.79 Å². The molecule has 0 spiro atoms. The monoisotopic (exact) mass is 444 g/mol. The average molecular weight is 445 g/mol. The van der Waals surface area contributed by atoms with Gasteiger partial charge in [-0.3, -0.25) is 19.3 Å². The molecule has 8 nitrogen and oxygen atoms in total. The van der Waals surface area contributed by atoms with Crippen molar-refractivity contribution in [1.82, 2.24) is 4.90 Å². The number of carbonyl (C=O) groups excluding carboxylic acids is 4. The number of hydrogen-bond acceptors (Lipinski definition) is 7. The molecule has 1 atom stereocenters. The van der Waals surface area contributed by atoms with E-state index in [1.165, 1.54) is 6.07 Å². The SMILES string of the molecule is CCOC(=O)C1=CC(C2CC2)c2cc(Cl)c(NC3=CC(=O)N(CCO)C3=O)cc2C1=O. The molecule has 1 aromatic carbocycles. The van der Waals surface area contributed by atoms with Gasteiger partial charge in [0.2, 0.25) is 0 Å². The third-order valence-electron chi connectivity index (χ3n) is 5.56. The highest BCUT2D eigenvalue weighted by Crippen LogP contribution is 2.48. The first-order chi connectivity index (χ1) is 14.8. The minimum atomic E-state index is -0.660. The minimum absolute atomic E-state index is 0.0000190. The van der Waals surface area contributed by atoms with E-state index in [9.17, 15) is 19.2 Å². The number of hydrogen-bond donors (Lipinski definition) is 2. The summed E-state index contributed by atoms with van der Waals surface area (Å²) >= 11 is 6.44. The van der Waals surface area contributed by atoms with Gasteiger partial charge >= 0.3 is 5.97 Å². The lowest BCUT2D eigenvalue weighted by atomic mass is 9.80. The van der Waals surface area contributed by atoms with Crippen LogP contribution < -0.4 is 5.32 Å². The Morgan fingerprint density at radius 2 is 2.03 bits per heavy atom. The summed E-state index contributed by atoms with van der Waals surface area (Å²) < 4.78 is 5.05. The molecule has 2 aliphatic carbocycles. The van der Waals surface area contributed by atoms with Gasteiger partial charge < -0.3 is 15.2 Å². The molecule has 1 saturated carbocycles. The second-order valence-corrected chi connectivity index (χ2v) is 8.02. The van der Waals surface area contributed by atoms with Crippen molar-refractivity contribution in [2.24, 2.45) is 5.92 Å². The van der Waals surface area contributed by atoms with Gasteiger partial charge in [-0.1, -0.05) is 17.7 Å². The summed E-state index contributed by atoms with van der Waals surface area (Å²) in [6, 6.07) is 3.18. The van der Waals surface area contributed by atoms with E-state index in [0.717, 1.165) is 29.4 Å². The van der Waals surface area contributed by atoms with E-state index in [2.05, 4.69) is 5.32 Å². The van der Waals surface area contributed by atoms with Crippen molar-refractivity contribution >= 4 is 40.9 Å². The van der Waals surface area contributed by atoms with Crippen molar-refractivity contribution in [3.63, 3.8) is 0 Å². The van der Waals surface area contributed by atoms with E-state index in [4.69, 9.17) is 21.4 Å². The molecular weight excluding hydrogens is 424 g/mol. The highest BCUT2D eigenvalue weighted by atomic mass is 35.5. The quantitative estimate of drug-likeness (QED) is 0.376. The predicted octanol–water partition coefficient (Wildman–Crippen LogP) is 2.18. The summed E-state index contributed by atoms with van der Waals surface area (Å²) in [5.74, 6) is -2.06. The number of amides is 2. The van der Waals surface area contributed by atoms with Gasteiger partial charge in [0.25, 0.3) is 11.8 Å². The molecule has 0 aromatic heterocycles. The molecule has 2 amide bonds. The van der Waals surface area contributed by atoms with Gasteiger partial charge in [0.15, 0.2) is 5.78 Å². The predicted molar refractivity (Wildman–Crippen MR) is 111 cm³/mol. The molecule has 0 saturated heterocycles. The molecule has 1 heterocycles. The van der Waals surface area contributed by atoms with E-state index in [1.807, 2.05) is 0 Å². The standard InChI is InChI=1S/C22H21ClN2O6/c1-2-31-22(30)15-7-12(11-3-4-11)13-8-16(23)17(9-14(13)20(15)28)24-18-10-19(27)25(5-6-26)21(18)29/h7-12,24,26H,2-6H2,1H3. The number of imide groups is 1. The number of β-amino-alcohol motifs (C(OH)–C–C–N with tert-alkyl or cyclic N) is 1. The molecule has 31 heavy (non-hydrogen) atoms. The zero-order valence-electron chi connectivity index (χ0n) is 16.8. The summed E-state index contributed by atoms with van der Waals surface area (Å²) in [5.41, 5.74) is 1.31. The van der Waals surface area contributed by atoms with Gasteiger partial charge in [0.1, 0.15) is 11.3 Å². The van der Waals surface area contributed by atoms with Crippen molar-refractivity contribution < 1.29 is 29.0 Å². The topological polar surface area (TPSA) is 113 Å². The zero-order valence-corrected chi connectivity index (χ0v) is 17.6. The number of aliphatic hydroxyl groups excluding tert-OH is 1. The molecule has 3 aliphatic rings. The van der Waals surface area contributed by atoms with E-state index in [1.54, 1.807) is 19.1 Å². The van der Waals surface area contributed by atoms with Gasteiger partial charge in [0, 0.05) is 17.6 Å². The van der Waals surface area contributed by atoms with Crippen molar-refractivity contribution in [3.8, 4) is 0 Å². The molecule has 9 heteroatoms. The Bertz CT molecular complexity index is 1060. The van der Waals surface area contributed by atoms with Crippen LogP contribution in [0.3, 0.4) is 0 Å². The van der Waals surface area contributed by atoms with E-state index in [-0.39, 0.29) is 47.7 Å². The van der Waals surface area contributed by atoms with Gasteiger partial charge in [-0.15, -0.1) is 0 Å². The van der Waals surface area contributed by atoms with Crippen molar-refractivity contribution in [2.45, 2.75) is 25.7 Å². The number of carbonyl (C=O) groups is 4. The number of aliphatic hydroxyl groups is 1. The van der Waals surface area contributed by atoms with Crippen LogP contribution in [-0.2, 0) is 19.1 Å². The maximum absolute atomic E-state index is 13.1. The summed E-state index contributed by atoms with van der Waals surface area (Å²) in [5, 5.41) is 12.1. The third kappa shape index (κ3) is 3.88. The van der Waals surface area contributed by atoms with Crippen molar-refractivity contribution in [1.29, 1.82) is 0 Å². The maximum atomic E-state index is 13.1. The van der Waals surface area contributed by atoms with E-state index < -0.39 is 23.6 Å². The Labute approximate surface area is 183 Å². The normalized spacial score (nSPS) is 20.4. The number of anilines is 1.